The zero-order chi connectivity index (χ0) is 8.15. The highest BCUT2D eigenvalue weighted by molar-refractivity contribution is 6.20. The minimum absolute atomic E-state index is 0.0850. The first-order valence-corrected chi connectivity index (χ1v) is 3.84. The van der Waals surface area contributed by atoms with E-state index >= 15 is 0 Å². The molecule has 3 heteroatoms. The van der Waals surface area contributed by atoms with Crippen molar-refractivity contribution in [2.45, 2.75) is 32.1 Å². The van der Waals surface area contributed by atoms with Gasteiger partial charge in [-0.1, -0.05) is 6.92 Å². The fourth-order valence-corrected chi connectivity index (χ4v) is 0.729. The molecule has 0 saturated carbocycles. The van der Waals surface area contributed by atoms with Gasteiger partial charge >= 0.3 is 5.97 Å². The molecule has 0 heterocycles. The molecule has 2 nitrogen and oxygen atoms in total. The Balaban J connectivity index is 3.40. The molecule has 0 saturated heterocycles. The van der Waals surface area contributed by atoms with Crippen LogP contribution in [-0.2, 0) is 4.79 Å². The number of aliphatic carboxylic acids is 1. The van der Waals surface area contributed by atoms with E-state index < -0.39 is 5.97 Å². The maximum atomic E-state index is 10.3. The van der Waals surface area contributed by atoms with Gasteiger partial charge in [0.25, 0.3) is 0 Å². The van der Waals surface area contributed by atoms with Crippen molar-refractivity contribution in [2.75, 3.05) is 0 Å². The Bertz CT molecular complexity index is 112. The van der Waals surface area contributed by atoms with Gasteiger partial charge in [-0.25, -0.2) is 0 Å². The summed E-state index contributed by atoms with van der Waals surface area (Å²) in [5, 5.41) is 8.54. The van der Waals surface area contributed by atoms with E-state index in [9.17, 15) is 4.79 Å². The highest BCUT2D eigenvalue weighted by Crippen LogP contribution is 2.10. The number of carboxylic acid groups (broad SMARTS) is 1. The summed E-state index contributed by atoms with van der Waals surface area (Å²) in [4.78, 5) is 10.3. The van der Waals surface area contributed by atoms with Crippen molar-refractivity contribution >= 4 is 17.6 Å². The second-order valence-electron chi connectivity index (χ2n) is 2.60. The van der Waals surface area contributed by atoms with Crippen molar-refractivity contribution in [3.05, 3.63) is 0 Å². The van der Waals surface area contributed by atoms with Crippen LogP contribution in [0, 0.1) is 5.92 Å². The van der Waals surface area contributed by atoms with Gasteiger partial charge in [0.05, 0.1) is 5.92 Å². The lowest BCUT2D eigenvalue weighted by Gasteiger charge is -2.05. The van der Waals surface area contributed by atoms with Gasteiger partial charge in [0.1, 0.15) is 0 Å². The van der Waals surface area contributed by atoms with Gasteiger partial charge in [-0.2, -0.15) is 0 Å². The predicted octanol–water partition coefficient (Wildman–Crippen LogP) is 2.11. The molecule has 0 aromatic carbocycles. The molecule has 0 bridgehead atoms. The fraction of sp³-hybridized carbons (Fsp3) is 0.857. The Hall–Kier alpha value is -0.240. The third-order valence-electron chi connectivity index (χ3n) is 1.42. The highest BCUT2D eigenvalue weighted by atomic mass is 35.5. The summed E-state index contributed by atoms with van der Waals surface area (Å²) in [6.45, 7) is 3.57. The average molecular weight is 165 g/mol. The van der Waals surface area contributed by atoms with E-state index in [1.807, 2.05) is 6.92 Å². The van der Waals surface area contributed by atoms with Crippen LogP contribution < -0.4 is 0 Å². The lowest BCUT2D eigenvalue weighted by atomic mass is 10.1. The number of alkyl halides is 1. The molecule has 0 spiro atoms. The van der Waals surface area contributed by atoms with E-state index in [1.54, 1.807) is 6.92 Å². The first-order valence-electron chi connectivity index (χ1n) is 3.41. The van der Waals surface area contributed by atoms with E-state index in [-0.39, 0.29) is 11.3 Å². The lowest BCUT2D eigenvalue weighted by Crippen LogP contribution is -2.10. The normalized spacial score (nSPS) is 16.3. The van der Waals surface area contributed by atoms with E-state index in [4.69, 9.17) is 16.7 Å². The zero-order valence-electron chi connectivity index (χ0n) is 6.30. The van der Waals surface area contributed by atoms with Crippen LogP contribution in [0.3, 0.4) is 0 Å². The summed E-state index contributed by atoms with van der Waals surface area (Å²) in [6, 6.07) is 0. The highest BCUT2D eigenvalue weighted by Gasteiger charge is 2.10. The molecule has 0 rings (SSSR count). The van der Waals surface area contributed by atoms with Crippen molar-refractivity contribution in [1.29, 1.82) is 0 Å². The molecular weight excluding hydrogens is 152 g/mol. The first kappa shape index (κ1) is 9.76. The van der Waals surface area contributed by atoms with Gasteiger partial charge in [0.2, 0.25) is 0 Å². The number of carbonyl (C=O) groups is 1. The van der Waals surface area contributed by atoms with Crippen LogP contribution in [0.4, 0.5) is 0 Å². The van der Waals surface area contributed by atoms with Gasteiger partial charge in [0, 0.05) is 5.38 Å². The molecule has 2 atom stereocenters. The van der Waals surface area contributed by atoms with E-state index in [2.05, 4.69) is 0 Å². The summed E-state index contributed by atoms with van der Waals surface area (Å²) in [7, 11) is 0. The quantitative estimate of drug-likeness (QED) is 0.647. The molecule has 0 amide bonds. The van der Waals surface area contributed by atoms with E-state index in [0.717, 1.165) is 6.42 Å². The van der Waals surface area contributed by atoms with Gasteiger partial charge in [-0.3, -0.25) is 4.79 Å². The molecule has 0 aromatic rings. The summed E-state index contributed by atoms with van der Waals surface area (Å²) >= 11 is 5.63. The van der Waals surface area contributed by atoms with Gasteiger partial charge in [0.15, 0.2) is 0 Å². The molecule has 2 unspecified atom stereocenters. The molecule has 0 aliphatic rings. The molecule has 0 aromatic heterocycles. The number of hydrogen-bond acceptors (Lipinski definition) is 1. The van der Waals surface area contributed by atoms with Crippen molar-refractivity contribution in [1.82, 2.24) is 0 Å². The lowest BCUT2D eigenvalue weighted by molar-refractivity contribution is -0.141. The van der Waals surface area contributed by atoms with Crippen LogP contribution in [0.15, 0.2) is 0 Å². The van der Waals surface area contributed by atoms with E-state index in [1.165, 1.54) is 0 Å². The summed E-state index contributed by atoms with van der Waals surface area (Å²) in [6.07, 6.45) is 1.44. The largest absolute Gasteiger partial charge is 0.481 e. The average Bonchev–Trinajstić information content (AvgIpc) is 1.82. The van der Waals surface area contributed by atoms with Crippen molar-refractivity contribution < 1.29 is 9.90 Å². The van der Waals surface area contributed by atoms with Crippen LogP contribution in [0.25, 0.3) is 0 Å². The maximum Gasteiger partial charge on any atom is 0.306 e. The second kappa shape index (κ2) is 4.56. The summed E-state index contributed by atoms with van der Waals surface area (Å²) < 4.78 is 0. The summed E-state index contributed by atoms with van der Waals surface area (Å²) in [5.74, 6) is -1.00. The molecule has 0 aliphatic heterocycles. The van der Waals surface area contributed by atoms with Crippen molar-refractivity contribution in [3.63, 3.8) is 0 Å². The van der Waals surface area contributed by atoms with Crippen LogP contribution >= 0.6 is 11.6 Å². The van der Waals surface area contributed by atoms with E-state index in [0.29, 0.717) is 6.42 Å². The second-order valence-corrected chi connectivity index (χ2v) is 3.34. The van der Waals surface area contributed by atoms with Crippen LogP contribution in [0.5, 0.6) is 0 Å². The topological polar surface area (TPSA) is 37.3 Å². The first-order chi connectivity index (χ1) is 4.54. The van der Waals surface area contributed by atoms with Crippen LogP contribution in [0.1, 0.15) is 26.7 Å². The fourth-order valence-electron chi connectivity index (χ4n) is 0.603. The number of rotatable bonds is 4. The van der Waals surface area contributed by atoms with Gasteiger partial charge in [-0.05, 0) is 19.8 Å². The maximum absolute atomic E-state index is 10.3. The Labute approximate surface area is 66.2 Å². The molecule has 1 N–H and O–H groups in total. The van der Waals surface area contributed by atoms with Crippen molar-refractivity contribution in [3.8, 4) is 0 Å². The number of carboxylic acids is 1. The SMILES string of the molecule is CC(Cl)CCC(C)C(=O)O. The molecule has 60 valence electrons. The predicted molar refractivity (Wildman–Crippen MR) is 41.3 cm³/mol. The molecule has 0 radical (unpaired) electrons. The third-order valence-corrected chi connectivity index (χ3v) is 1.64. The van der Waals surface area contributed by atoms with Crippen LogP contribution in [0.2, 0.25) is 0 Å². The Morgan fingerprint density at radius 2 is 2.00 bits per heavy atom. The Morgan fingerprint density at radius 1 is 1.50 bits per heavy atom. The minimum atomic E-state index is -0.739. The molecule has 0 aliphatic carbocycles. The smallest absolute Gasteiger partial charge is 0.306 e. The molecule has 0 fully saturated rings. The third kappa shape index (κ3) is 4.62. The molecule has 10 heavy (non-hydrogen) atoms. The monoisotopic (exact) mass is 164 g/mol. The van der Waals surface area contributed by atoms with Crippen molar-refractivity contribution in [2.24, 2.45) is 5.92 Å². The Kier molecular flexibility index (Phi) is 4.45. The van der Waals surface area contributed by atoms with Gasteiger partial charge in [-0.15, -0.1) is 11.6 Å². The Morgan fingerprint density at radius 3 is 2.30 bits per heavy atom. The molecular formula is C7H13ClO2. The van der Waals surface area contributed by atoms with Crippen LogP contribution in [-0.4, -0.2) is 16.5 Å². The number of hydrogen-bond donors (Lipinski definition) is 1. The summed E-state index contributed by atoms with van der Waals surface area (Å²) in [5.41, 5.74) is 0. The van der Waals surface area contributed by atoms with Gasteiger partial charge < -0.3 is 5.11 Å². The standard InChI is InChI=1S/C7H13ClO2/c1-5(7(9)10)3-4-6(2)8/h5-6H,3-4H2,1-2H3,(H,9,10). The minimum Gasteiger partial charge on any atom is -0.481 e. The zero-order valence-corrected chi connectivity index (χ0v) is 7.06. The number of halogens is 1.